The third-order valence-electron chi connectivity index (χ3n) is 4.61. The van der Waals surface area contributed by atoms with Crippen LogP contribution in [0.2, 0.25) is 0 Å². The maximum absolute atomic E-state index is 14.2. The summed E-state index contributed by atoms with van der Waals surface area (Å²) in [6.07, 6.45) is 0.0958. The van der Waals surface area contributed by atoms with Crippen LogP contribution in [0.5, 0.6) is 0 Å². The van der Waals surface area contributed by atoms with E-state index in [1.807, 2.05) is 0 Å². The molecule has 1 aromatic heterocycles. The van der Waals surface area contributed by atoms with Gasteiger partial charge in [-0.2, -0.15) is 5.10 Å². The molecule has 2 aromatic rings. The van der Waals surface area contributed by atoms with E-state index in [-0.39, 0.29) is 17.9 Å². The summed E-state index contributed by atoms with van der Waals surface area (Å²) < 4.78 is 20.1. The van der Waals surface area contributed by atoms with Gasteiger partial charge in [-0.1, -0.05) is 12.1 Å². The summed E-state index contributed by atoms with van der Waals surface area (Å²) in [5, 5.41) is 4.15. The molecule has 0 saturated carbocycles. The summed E-state index contributed by atoms with van der Waals surface area (Å²) in [6, 6.07) is 7.27. The van der Waals surface area contributed by atoms with Crippen molar-refractivity contribution in [1.29, 1.82) is 0 Å². The summed E-state index contributed by atoms with van der Waals surface area (Å²) in [4.78, 5) is 40.0. The first-order valence-electron chi connectivity index (χ1n) is 8.90. The number of carbonyl (C=O) groups is 2. The molecular weight excluding hydrogens is 367 g/mol. The van der Waals surface area contributed by atoms with Crippen LogP contribution in [0, 0.1) is 12.7 Å². The molecule has 3 rings (SSSR count). The standard InChI is InChI=1S/C19H21FN4O4/c1-13-12-16(25)17(21-24(13)15-7-4-3-6-14(15)20)18(26)22-8-5-9-23(11-10-22)19(27)28-2/h3-4,6-7,12H,5,8-11H2,1-2H3. The van der Waals surface area contributed by atoms with Gasteiger partial charge in [0.2, 0.25) is 5.43 Å². The molecule has 1 aliphatic heterocycles. The molecular formula is C19H21FN4O4. The molecule has 0 aliphatic carbocycles. The fourth-order valence-electron chi connectivity index (χ4n) is 3.14. The van der Waals surface area contributed by atoms with Gasteiger partial charge in [0.25, 0.3) is 5.91 Å². The maximum atomic E-state index is 14.2. The lowest BCUT2D eigenvalue weighted by Gasteiger charge is -2.21. The lowest BCUT2D eigenvalue weighted by molar-refractivity contribution is 0.0748. The summed E-state index contributed by atoms with van der Waals surface area (Å²) in [5.74, 6) is -1.05. The van der Waals surface area contributed by atoms with E-state index in [2.05, 4.69) is 5.10 Å². The monoisotopic (exact) mass is 388 g/mol. The highest BCUT2D eigenvalue weighted by Crippen LogP contribution is 2.14. The molecule has 2 amide bonds. The molecule has 1 aliphatic rings. The highest BCUT2D eigenvalue weighted by molar-refractivity contribution is 5.92. The van der Waals surface area contributed by atoms with Crippen molar-refractivity contribution in [2.45, 2.75) is 13.3 Å². The largest absolute Gasteiger partial charge is 0.453 e. The van der Waals surface area contributed by atoms with Gasteiger partial charge in [-0.3, -0.25) is 9.59 Å². The molecule has 0 atom stereocenters. The quantitative estimate of drug-likeness (QED) is 0.780. The zero-order valence-corrected chi connectivity index (χ0v) is 15.7. The Bertz CT molecular complexity index is 959. The number of methoxy groups -OCH3 is 1. The second-order valence-corrected chi connectivity index (χ2v) is 6.46. The highest BCUT2D eigenvalue weighted by Gasteiger charge is 2.26. The lowest BCUT2D eigenvalue weighted by atomic mass is 10.2. The van der Waals surface area contributed by atoms with Gasteiger partial charge < -0.3 is 14.5 Å². The second kappa shape index (κ2) is 8.20. The number of hydrogen-bond acceptors (Lipinski definition) is 5. The zero-order valence-electron chi connectivity index (χ0n) is 15.7. The number of carbonyl (C=O) groups excluding carboxylic acids is 2. The Morgan fingerprint density at radius 2 is 1.79 bits per heavy atom. The van der Waals surface area contributed by atoms with Crippen molar-refractivity contribution in [1.82, 2.24) is 19.6 Å². The molecule has 2 heterocycles. The minimum absolute atomic E-state index is 0.154. The van der Waals surface area contributed by atoms with Crippen molar-refractivity contribution in [3.63, 3.8) is 0 Å². The predicted octanol–water partition coefficient (Wildman–Crippen LogP) is 1.59. The molecule has 1 fully saturated rings. The van der Waals surface area contributed by atoms with Crippen LogP contribution in [0.4, 0.5) is 9.18 Å². The van der Waals surface area contributed by atoms with Crippen LogP contribution in [0.1, 0.15) is 22.6 Å². The number of rotatable bonds is 2. The molecule has 0 bridgehead atoms. The first kappa shape index (κ1) is 19.5. The van der Waals surface area contributed by atoms with E-state index in [4.69, 9.17) is 4.74 Å². The normalized spacial score (nSPS) is 14.5. The van der Waals surface area contributed by atoms with Crippen molar-refractivity contribution in [3.8, 4) is 5.69 Å². The average Bonchev–Trinajstić information content (AvgIpc) is 2.94. The Balaban J connectivity index is 1.90. The number of ether oxygens (including phenoxy) is 1. The van der Waals surface area contributed by atoms with E-state index < -0.39 is 23.2 Å². The van der Waals surface area contributed by atoms with Gasteiger partial charge in [-0.05, 0) is 25.5 Å². The molecule has 1 saturated heterocycles. The van der Waals surface area contributed by atoms with E-state index in [1.54, 1.807) is 19.1 Å². The van der Waals surface area contributed by atoms with Gasteiger partial charge >= 0.3 is 6.09 Å². The topological polar surface area (TPSA) is 84.7 Å². The first-order chi connectivity index (χ1) is 13.4. The number of nitrogens with zero attached hydrogens (tertiary/aromatic N) is 4. The first-order valence-corrected chi connectivity index (χ1v) is 8.90. The third-order valence-corrected chi connectivity index (χ3v) is 4.61. The fraction of sp³-hybridized carbons (Fsp3) is 0.368. The Morgan fingerprint density at radius 1 is 1.11 bits per heavy atom. The van der Waals surface area contributed by atoms with Gasteiger partial charge in [0, 0.05) is 37.9 Å². The van der Waals surface area contributed by atoms with Crippen LogP contribution in [-0.4, -0.2) is 64.9 Å². The number of aromatic nitrogens is 2. The highest BCUT2D eigenvalue weighted by atomic mass is 19.1. The van der Waals surface area contributed by atoms with Gasteiger partial charge in [0.05, 0.1) is 7.11 Å². The maximum Gasteiger partial charge on any atom is 0.409 e. The Hall–Kier alpha value is -3.23. The number of para-hydroxylation sites is 1. The minimum atomic E-state index is -0.540. The fourth-order valence-corrected chi connectivity index (χ4v) is 3.14. The second-order valence-electron chi connectivity index (χ2n) is 6.46. The molecule has 8 nitrogen and oxygen atoms in total. The van der Waals surface area contributed by atoms with Crippen LogP contribution in [0.25, 0.3) is 5.69 Å². The van der Waals surface area contributed by atoms with Gasteiger partial charge in [-0.25, -0.2) is 13.9 Å². The van der Waals surface area contributed by atoms with Crippen LogP contribution in [0.3, 0.4) is 0 Å². The SMILES string of the molecule is COC(=O)N1CCCN(C(=O)c2nn(-c3ccccc3F)c(C)cc2=O)CC1. The van der Waals surface area contributed by atoms with E-state index >= 15 is 0 Å². The average molecular weight is 388 g/mol. The van der Waals surface area contributed by atoms with Crippen LogP contribution in [-0.2, 0) is 4.74 Å². The van der Waals surface area contributed by atoms with E-state index in [0.717, 1.165) is 0 Å². The van der Waals surface area contributed by atoms with Crippen LogP contribution >= 0.6 is 0 Å². The third kappa shape index (κ3) is 3.88. The van der Waals surface area contributed by atoms with Crippen molar-refractivity contribution in [2.75, 3.05) is 33.3 Å². The molecule has 9 heteroatoms. The predicted molar refractivity (Wildman–Crippen MR) is 99.0 cm³/mol. The Morgan fingerprint density at radius 3 is 2.50 bits per heavy atom. The summed E-state index contributed by atoms with van der Waals surface area (Å²) >= 11 is 0. The molecule has 0 radical (unpaired) electrons. The summed E-state index contributed by atoms with van der Waals surface area (Å²) in [7, 11) is 1.30. The van der Waals surface area contributed by atoms with Gasteiger partial charge in [0.15, 0.2) is 5.69 Å². The Labute approximate surface area is 161 Å². The van der Waals surface area contributed by atoms with Crippen LogP contribution in [0.15, 0.2) is 35.1 Å². The molecule has 28 heavy (non-hydrogen) atoms. The number of halogens is 1. The van der Waals surface area contributed by atoms with E-state index in [1.165, 1.54) is 39.8 Å². The van der Waals surface area contributed by atoms with Gasteiger partial charge in [0.1, 0.15) is 11.5 Å². The number of hydrogen-bond donors (Lipinski definition) is 0. The molecule has 148 valence electrons. The van der Waals surface area contributed by atoms with Crippen molar-refractivity contribution in [3.05, 3.63) is 57.8 Å². The molecule has 0 spiro atoms. The van der Waals surface area contributed by atoms with Crippen LogP contribution < -0.4 is 5.43 Å². The summed E-state index contributed by atoms with van der Waals surface area (Å²) in [6.45, 7) is 3.00. The molecule has 1 aromatic carbocycles. The van der Waals surface area contributed by atoms with Crippen molar-refractivity contribution >= 4 is 12.0 Å². The molecule has 0 unspecified atom stereocenters. The molecule has 0 N–H and O–H groups in total. The van der Waals surface area contributed by atoms with Crippen molar-refractivity contribution in [2.24, 2.45) is 0 Å². The Kier molecular flexibility index (Phi) is 5.72. The van der Waals surface area contributed by atoms with E-state index in [0.29, 0.717) is 31.7 Å². The number of benzene rings is 1. The zero-order chi connectivity index (χ0) is 20.3. The minimum Gasteiger partial charge on any atom is -0.453 e. The summed E-state index contributed by atoms with van der Waals surface area (Å²) in [5.41, 5.74) is -0.231. The number of amides is 2. The van der Waals surface area contributed by atoms with Crippen molar-refractivity contribution < 1.29 is 18.7 Å². The number of aryl methyl sites for hydroxylation is 1. The smallest absolute Gasteiger partial charge is 0.409 e. The lowest BCUT2D eigenvalue weighted by Crippen LogP contribution is -2.39. The van der Waals surface area contributed by atoms with Gasteiger partial charge in [-0.15, -0.1) is 0 Å². The van der Waals surface area contributed by atoms with E-state index in [9.17, 15) is 18.8 Å².